The standard InChI is InChI=1S/C36H40O7/c37-30-31-16-18-35(19-17-31)42-28-26-40-24-22-38-20-21-39-23-25-41-27-29-43-36(32-10-4-1-5-11-32,33-12-6-2-7-13-33)34-14-8-3-9-15-34/h1-19,30H,20-29H2. The van der Waals surface area contributed by atoms with Gasteiger partial charge in [-0.25, -0.2) is 0 Å². The Morgan fingerprint density at radius 3 is 1.21 bits per heavy atom. The molecular weight excluding hydrogens is 544 g/mol. The summed E-state index contributed by atoms with van der Waals surface area (Å²) in [6, 6.07) is 37.9. The molecule has 7 nitrogen and oxygen atoms in total. The summed E-state index contributed by atoms with van der Waals surface area (Å²) in [7, 11) is 0. The Labute approximate surface area is 254 Å². The summed E-state index contributed by atoms with van der Waals surface area (Å²) in [5, 5.41) is 0. The van der Waals surface area contributed by atoms with Crippen LogP contribution in [0.4, 0.5) is 0 Å². The average Bonchev–Trinajstić information content (AvgIpc) is 3.08. The number of benzene rings is 4. The van der Waals surface area contributed by atoms with Crippen LogP contribution >= 0.6 is 0 Å². The molecule has 4 aromatic carbocycles. The molecule has 226 valence electrons. The van der Waals surface area contributed by atoms with Gasteiger partial charge < -0.3 is 28.4 Å². The fourth-order valence-electron chi connectivity index (χ4n) is 4.65. The first-order valence-electron chi connectivity index (χ1n) is 14.6. The molecule has 0 aliphatic rings. The highest BCUT2D eigenvalue weighted by atomic mass is 16.6. The lowest BCUT2D eigenvalue weighted by atomic mass is 9.80. The highest BCUT2D eigenvalue weighted by Gasteiger charge is 2.37. The van der Waals surface area contributed by atoms with Crippen molar-refractivity contribution in [3.63, 3.8) is 0 Å². The van der Waals surface area contributed by atoms with Crippen molar-refractivity contribution in [1.29, 1.82) is 0 Å². The van der Waals surface area contributed by atoms with Crippen LogP contribution in [0.3, 0.4) is 0 Å². The summed E-state index contributed by atoms with van der Waals surface area (Å²) in [5.41, 5.74) is 3.07. The molecule has 0 radical (unpaired) electrons. The number of rotatable bonds is 21. The number of carbonyl (C=O) groups is 1. The highest BCUT2D eigenvalue weighted by molar-refractivity contribution is 5.74. The first-order chi connectivity index (χ1) is 21.3. The summed E-state index contributed by atoms with van der Waals surface area (Å²) in [6.45, 7) is 4.63. The van der Waals surface area contributed by atoms with Crippen LogP contribution in [-0.4, -0.2) is 72.4 Å². The smallest absolute Gasteiger partial charge is 0.150 e. The zero-order valence-electron chi connectivity index (χ0n) is 24.5. The molecule has 0 bridgehead atoms. The van der Waals surface area contributed by atoms with E-state index >= 15 is 0 Å². The van der Waals surface area contributed by atoms with E-state index in [4.69, 9.17) is 28.4 Å². The van der Waals surface area contributed by atoms with E-state index in [0.717, 1.165) is 23.0 Å². The quantitative estimate of drug-likeness (QED) is 0.0681. The van der Waals surface area contributed by atoms with Crippen molar-refractivity contribution in [2.75, 3.05) is 66.1 Å². The van der Waals surface area contributed by atoms with Gasteiger partial charge in [-0.05, 0) is 41.0 Å². The topological polar surface area (TPSA) is 72.5 Å². The molecule has 0 unspecified atom stereocenters. The zero-order chi connectivity index (χ0) is 29.8. The molecule has 0 N–H and O–H groups in total. The molecule has 43 heavy (non-hydrogen) atoms. The lowest BCUT2D eigenvalue weighted by Crippen LogP contribution is -2.34. The lowest BCUT2D eigenvalue weighted by molar-refractivity contribution is -0.0386. The summed E-state index contributed by atoms with van der Waals surface area (Å²) in [4.78, 5) is 10.7. The molecule has 0 amide bonds. The normalized spacial score (nSPS) is 11.3. The third kappa shape index (κ3) is 10.1. The number of aldehydes is 1. The molecule has 4 rings (SSSR count). The maximum absolute atomic E-state index is 10.7. The Hall–Kier alpha value is -3.85. The second-order valence-electron chi connectivity index (χ2n) is 9.61. The SMILES string of the molecule is O=Cc1ccc(OCCOCCOCCOCCOCCOC(c2ccccc2)(c2ccccc2)c2ccccc2)cc1. The summed E-state index contributed by atoms with van der Waals surface area (Å²) in [6.07, 6.45) is 0.804. The second kappa shape index (κ2) is 18.6. The van der Waals surface area contributed by atoms with E-state index in [0.29, 0.717) is 77.4 Å². The van der Waals surface area contributed by atoms with E-state index in [1.807, 2.05) is 54.6 Å². The summed E-state index contributed by atoms with van der Waals surface area (Å²) < 4.78 is 34.8. The molecule has 0 saturated carbocycles. The van der Waals surface area contributed by atoms with Crippen molar-refractivity contribution in [2.45, 2.75) is 5.60 Å². The lowest BCUT2D eigenvalue weighted by Gasteiger charge is -2.36. The van der Waals surface area contributed by atoms with Crippen LogP contribution in [-0.2, 0) is 29.3 Å². The second-order valence-corrected chi connectivity index (χ2v) is 9.61. The van der Waals surface area contributed by atoms with E-state index in [-0.39, 0.29) is 0 Å². The number of hydrogen-bond acceptors (Lipinski definition) is 7. The van der Waals surface area contributed by atoms with Crippen LogP contribution in [0.25, 0.3) is 0 Å². The maximum atomic E-state index is 10.7. The summed E-state index contributed by atoms with van der Waals surface area (Å²) >= 11 is 0. The average molecular weight is 585 g/mol. The molecule has 0 fully saturated rings. The largest absolute Gasteiger partial charge is 0.491 e. The van der Waals surface area contributed by atoms with Crippen LogP contribution in [0.5, 0.6) is 5.75 Å². The zero-order valence-corrected chi connectivity index (χ0v) is 24.5. The molecule has 0 spiro atoms. The van der Waals surface area contributed by atoms with Crippen molar-refractivity contribution in [1.82, 2.24) is 0 Å². The van der Waals surface area contributed by atoms with Gasteiger partial charge >= 0.3 is 0 Å². The van der Waals surface area contributed by atoms with Gasteiger partial charge in [0.2, 0.25) is 0 Å². The van der Waals surface area contributed by atoms with Crippen LogP contribution in [0.2, 0.25) is 0 Å². The van der Waals surface area contributed by atoms with E-state index < -0.39 is 5.60 Å². The van der Waals surface area contributed by atoms with E-state index in [1.165, 1.54) is 0 Å². The Morgan fingerprint density at radius 2 is 0.814 bits per heavy atom. The van der Waals surface area contributed by atoms with E-state index in [2.05, 4.69) is 36.4 Å². The van der Waals surface area contributed by atoms with Gasteiger partial charge in [0.15, 0.2) is 0 Å². The highest BCUT2D eigenvalue weighted by Crippen LogP contribution is 2.40. The molecule has 7 heteroatoms. The first kappa shape index (κ1) is 32.1. The summed E-state index contributed by atoms with van der Waals surface area (Å²) in [5.74, 6) is 0.707. The fourth-order valence-corrected chi connectivity index (χ4v) is 4.65. The van der Waals surface area contributed by atoms with Crippen molar-refractivity contribution in [3.05, 3.63) is 138 Å². The minimum atomic E-state index is -0.748. The van der Waals surface area contributed by atoms with Crippen molar-refractivity contribution < 1.29 is 33.2 Å². The number of hydrogen-bond donors (Lipinski definition) is 0. The minimum absolute atomic E-state index is 0.416. The van der Waals surface area contributed by atoms with Crippen LogP contribution < -0.4 is 4.74 Å². The van der Waals surface area contributed by atoms with Gasteiger partial charge in [0.25, 0.3) is 0 Å². The Kier molecular flexibility index (Phi) is 13.9. The molecule has 0 saturated heterocycles. The predicted octanol–water partition coefficient (Wildman–Crippen LogP) is 5.95. The van der Waals surface area contributed by atoms with Gasteiger partial charge in [0, 0.05) is 5.56 Å². The van der Waals surface area contributed by atoms with Gasteiger partial charge in [-0.2, -0.15) is 0 Å². The third-order valence-electron chi connectivity index (χ3n) is 6.72. The molecule has 0 aromatic heterocycles. The number of ether oxygens (including phenoxy) is 6. The molecule has 0 aliphatic carbocycles. The fraction of sp³-hybridized carbons (Fsp3) is 0.306. The molecule has 0 atom stereocenters. The van der Waals surface area contributed by atoms with Gasteiger partial charge in [0.1, 0.15) is 24.2 Å². The molecule has 0 heterocycles. The molecule has 4 aromatic rings. The monoisotopic (exact) mass is 584 g/mol. The maximum Gasteiger partial charge on any atom is 0.150 e. The van der Waals surface area contributed by atoms with Crippen molar-refractivity contribution in [2.24, 2.45) is 0 Å². The predicted molar refractivity (Wildman–Crippen MR) is 166 cm³/mol. The van der Waals surface area contributed by atoms with Crippen molar-refractivity contribution in [3.8, 4) is 5.75 Å². The molecule has 0 aliphatic heterocycles. The first-order valence-corrected chi connectivity index (χ1v) is 14.6. The van der Waals surface area contributed by atoms with Gasteiger partial charge in [-0.15, -0.1) is 0 Å². The van der Waals surface area contributed by atoms with Crippen LogP contribution in [0.1, 0.15) is 27.0 Å². The van der Waals surface area contributed by atoms with Crippen molar-refractivity contribution >= 4 is 6.29 Å². The molecular formula is C36H40O7. The van der Waals surface area contributed by atoms with E-state index in [1.54, 1.807) is 24.3 Å². The van der Waals surface area contributed by atoms with Crippen LogP contribution in [0.15, 0.2) is 115 Å². The minimum Gasteiger partial charge on any atom is -0.491 e. The Bertz CT molecular complexity index is 1190. The van der Waals surface area contributed by atoms with Crippen LogP contribution in [0, 0.1) is 0 Å². The third-order valence-corrected chi connectivity index (χ3v) is 6.72. The number of carbonyl (C=O) groups excluding carboxylic acids is 1. The van der Waals surface area contributed by atoms with Gasteiger partial charge in [-0.1, -0.05) is 91.0 Å². The van der Waals surface area contributed by atoms with E-state index in [9.17, 15) is 4.79 Å². The van der Waals surface area contributed by atoms with Gasteiger partial charge in [-0.3, -0.25) is 4.79 Å². The Balaban J connectivity index is 1.08. The van der Waals surface area contributed by atoms with Gasteiger partial charge in [0.05, 0.1) is 59.5 Å². The Morgan fingerprint density at radius 1 is 0.442 bits per heavy atom.